The maximum Gasteiger partial charge on any atom is 0.0541 e. The quantitative estimate of drug-likeness (QED) is 0.138. The molecule has 0 fully saturated rings. The van der Waals surface area contributed by atoms with Crippen LogP contribution in [0.15, 0.2) is 388 Å². The van der Waals surface area contributed by atoms with Crippen LogP contribution in [0.3, 0.4) is 0 Å². The number of hydrogen-bond donors (Lipinski definition) is 0. The fourth-order valence-corrected chi connectivity index (χ4v) is 17.8. The van der Waals surface area contributed by atoms with Crippen LogP contribution >= 0.6 is 0 Å². The van der Waals surface area contributed by atoms with Crippen molar-refractivity contribution >= 4 is 104 Å². The molecule has 18 aromatic carbocycles. The lowest BCUT2D eigenvalue weighted by Crippen LogP contribution is -2.11. The first-order chi connectivity index (χ1) is 53.5. The molecule has 3 heterocycles. The van der Waals surface area contributed by atoms with Crippen LogP contribution in [-0.2, 0) is 25.7 Å². The molecule has 508 valence electrons. The number of hydrogen-bond acceptors (Lipinski definition) is 1. The van der Waals surface area contributed by atoms with Gasteiger partial charge in [-0.3, -0.25) is 0 Å². The summed E-state index contributed by atoms with van der Waals surface area (Å²) < 4.78 is 4.74. The Bertz CT molecular complexity index is 6290. The number of aromatic nitrogens is 2. The first kappa shape index (κ1) is 62.9. The molecule has 20 aromatic rings. The summed E-state index contributed by atoms with van der Waals surface area (Å²) in [4.78, 5) is 2.44. The van der Waals surface area contributed by atoms with Gasteiger partial charge in [0.15, 0.2) is 0 Å². The van der Waals surface area contributed by atoms with Gasteiger partial charge in [0.2, 0.25) is 0 Å². The van der Waals surface area contributed by atoms with Crippen molar-refractivity contribution in [2.75, 3.05) is 4.90 Å². The minimum Gasteiger partial charge on any atom is -0.310 e. The Hall–Kier alpha value is -13.6. The van der Waals surface area contributed by atoms with Crippen LogP contribution in [0.25, 0.3) is 143 Å². The average Bonchev–Trinajstić information content (AvgIpc) is 1.43. The van der Waals surface area contributed by atoms with E-state index in [0.717, 1.165) is 25.7 Å². The van der Waals surface area contributed by atoms with Gasteiger partial charge < -0.3 is 14.0 Å². The highest BCUT2D eigenvalue weighted by Crippen LogP contribution is 2.45. The maximum absolute atomic E-state index is 2.44. The molecule has 1 aliphatic heterocycles. The summed E-state index contributed by atoms with van der Waals surface area (Å²) in [6.45, 7) is 0. The number of fused-ring (bicyclic) bond motifs is 14. The van der Waals surface area contributed by atoms with Crippen molar-refractivity contribution in [3.8, 4) is 55.9 Å². The average molecular weight is 1380 g/mol. The minimum atomic E-state index is 0.249. The van der Waals surface area contributed by atoms with E-state index in [1.807, 2.05) is 0 Å². The van der Waals surface area contributed by atoms with E-state index in [1.54, 1.807) is 0 Å². The SMILES string of the molecule is c1ccc2c(c1)CCc1ccccc1C2c1ccc(-c2ccc3cc4cc(-c5ccc(N6c7ccccc7CCc7ccccc76)cc5)ccc4cc3c2)cc1.c1ccc2c(c1)c1ccccc1n2-c1ccc(-c2ccc3cc4cc(-c5ccc(-n6c7ccccc7c7ccccc76)cc5)ccc4cc3c2)cc1. The molecule has 0 spiro atoms. The lowest BCUT2D eigenvalue weighted by atomic mass is 9.82. The van der Waals surface area contributed by atoms with E-state index in [1.165, 1.54) is 199 Å². The van der Waals surface area contributed by atoms with Gasteiger partial charge in [0.25, 0.3) is 0 Å². The number of rotatable bonds is 8. The van der Waals surface area contributed by atoms with E-state index in [-0.39, 0.29) is 5.92 Å². The van der Waals surface area contributed by atoms with Gasteiger partial charge in [-0.2, -0.15) is 0 Å². The lowest BCUT2D eigenvalue weighted by molar-refractivity contribution is 0.965. The predicted molar refractivity (Wildman–Crippen MR) is 457 cm³/mol. The predicted octanol–water partition coefficient (Wildman–Crippen LogP) is 27.7. The molecular formula is C105H73N3. The summed E-state index contributed by atoms with van der Waals surface area (Å²) >= 11 is 0. The molecule has 108 heavy (non-hydrogen) atoms. The largest absolute Gasteiger partial charge is 0.310 e. The zero-order valence-electron chi connectivity index (χ0n) is 59.7. The van der Waals surface area contributed by atoms with Crippen molar-refractivity contribution in [3.05, 3.63) is 427 Å². The second kappa shape index (κ2) is 26.2. The molecule has 22 rings (SSSR count). The Morgan fingerprint density at radius 3 is 0.815 bits per heavy atom. The molecule has 1 aliphatic carbocycles. The van der Waals surface area contributed by atoms with Gasteiger partial charge in [-0.1, -0.05) is 267 Å². The Morgan fingerprint density at radius 1 is 0.194 bits per heavy atom. The van der Waals surface area contributed by atoms with E-state index in [0.29, 0.717) is 0 Å². The Balaban J connectivity index is 0.000000138. The van der Waals surface area contributed by atoms with Crippen LogP contribution in [-0.4, -0.2) is 9.13 Å². The smallest absolute Gasteiger partial charge is 0.0541 e. The molecule has 0 atom stereocenters. The third kappa shape index (κ3) is 11.0. The highest BCUT2D eigenvalue weighted by atomic mass is 15.1. The van der Waals surface area contributed by atoms with Gasteiger partial charge in [-0.05, 0) is 274 Å². The Labute approximate surface area is 628 Å². The van der Waals surface area contributed by atoms with E-state index >= 15 is 0 Å². The minimum absolute atomic E-state index is 0.249. The van der Waals surface area contributed by atoms with Gasteiger partial charge in [-0.15, -0.1) is 0 Å². The highest BCUT2D eigenvalue weighted by molar-refractivity contribution is 6.11. The second-order valence-corrected chi connectivity index (χ2v) is 29.4. The molecule has 0 saturated carbocycles. The second-order valence-electron chi connectivity index (χ2n) is 29.4. The first-order valence-corrected chi connectivity index (χ1v) is 38.0. The Morgan fingerprint density at radius 2 is 0.463 bits per heavy atom. The van der Waals surface area contributed by atoms with E-state index in [9.17, 15) is 0 Å². The van der Waals surface area contributed by atoms with Gasteiger partial charge in [0.05, 0.1) is 22.1 Å². The molecule has 2 aliphatic rings. The summed E-state index contributed by atoms with van der Waals surface area (Å²) in [7, 11) is 0. The highest BCUT2D eigenvalue weighted by Gasteiger charge is 2.26. The standard InChI is InChI=1S/C55H41N.C50H32N2/c1-5-13-51-39(9-1)19-20-40-10-2-6-14-52(40)55(51)43-23-17-37(18-24-43)44-25-27-46-36-49-34-45(26-28-47(49)35-48(46)33-44)38-29-31-50(32-30-38)56-53-15-7-3-11-41(53)21-22-42-12-4-8-16-54(42)56;1-5-13-47-43(9-1)44-10-2-6-14-48(44)51(47)41-25-21-33(22-26-41)35-17-19-37-32-40-30-36(18-20-38(40)31-39(37)29-35)34-23-27-42(28-24-34)52-49-15-7-3-11-45(49)46-12-4-8-16-50(46)52/h1-18,23-36,55H,19-22H2;1-32H. The third-order valence-corrected chi connectivity index (χ3v) is 23.2. The van der Waals surface area contributed by atoms with Crippen molar-refractivity contribution in [1.82, 2.24) is 9.13 Å². The summed E-state index contributed by atoms with van der Waals surface area (Å²) in [6.07, 6.45) is 4.28. The first-order valence-electron chi connectivity index (χ1n) is 38.0. The number of aryl methyl sites for hydroxylation is 4. The summed E-state index contributed by atoms with van der Waals surface area (Å²) in [5.74, 6) is 0.249. The fourth-order valence-electron chi connectivity index (χ4n) is 17.8. The molecule has 3 heteroatoms. The van der Waals surface area contributed by atoms with Crippen molar-refractivity contribution < 1.29 is 0 Å². The summed E-state index contributed by atoms with van der Waals surface area (Å²) in [5.41, 5.74) is 30.8. The van der Waals surface area contributed by atoms with Gasteiger partial charge in [0, 0.05) is 55.9 Å². The normalized spacial score (nSPS) is 12.8. The summed E-state index contributed by atoms with van der Waals surface area (Å²) in [5, 5.41) is 15.2. The molecule has 0 unspecified atom stereocenters. The van der Waals surface area contributed by atoms with Crippen molar-refractivity contribution in [2.45, 2.75) is 31.6 Å². The molecule has 0 amide bonds. The number of nitrogens with zero attached hydrogens (tertiary/aromatic N) is 3. The molecule has 3 nitrogen and oxygen atoms in total. The van der Waals surface area contributed by atoms with E-state index < -0.39 is 0 Å². The Kier molecular flexibility index (Phi) is 15.3. The van der Waals surface area contributed by atoms with Crippen molar-refractivity contribution in [1.29, 1.82) is 0 Å². The zero-order valence-corrected chi connectivity index (χ0v) is 59.7. The zero-order chi connectivity index (χ0) is 71.2. The van der Waals surface area contributed by atoms with Crippen LogP contribution in [0, 0.1) is 0 Å². The molecule has 2 aromatic heterocycles. The van der Waals surface area contributed by atoms with E-state index in [2.05, 4.69) is 402 Å². The molecule has 0 saturated heterocycles. The van der Waals surface area contributed by atoms with Crippen LogP contribution in [0.1, 0.15) is 44.9 Å². The van der Waals surface area contributed by atoms with Crippen LogP contribution < -0.4 is 4.90 Å². The van der Waals surface area contributed by atoms with Crippen LogP contribution in [0.2, 0.25) is 0 Å². The van der Waals surface area contributed by atoms with Crippen LogP contribution in [0.5, 0.6) is 0 Å². The van der Waals surface area contributed by atoms with E-state index in [4.69, 9.17) is 0 Å². The summed E-state index contributed by atoms with van der Waals surface area (Å²) in [6, 6.07) is 144. The van der Waals surface area contributed by atoms with Gasteiger partial charge in [0.1, 0.15) is 0 Å². The molecular weight excluding hydrogens is 1300 g/mol. The third-order valence-electron chi connectivity index (χ3n) is 23.2. The van der Waals surface area contributed by atoms with Gasteiger partial charge >= 0.3 is 0 Å². The van der Waals surface area contributed by atoms with Crippen LogP contribution in [0.4, 0.5) is 17.1 Å². The monoisotopic (exact) mass is 1380 g/mol. The fraction of sp³-hybridized carbons (Fsp3) is 0.0476. The van der Waals surface area contributed by atoms with Gasteiger partial charge in [-0.25, -0.2) is 0 Å². The lowest BCUT2D eigenvalue weighted by Gasteiger charge is -2.27. The number of anilines is 3. The van der Waals surface area contributed by atoms with Crippen molar-refractivity contribution in [2.24, 2.45) is 0 Å². The topological polar surface area (TPSA) is 13.1 Å². The molecule has 0 bridgehead atoms. The number of benzene rings is 18. The molecule has 0 N–H and O–H groups in total. The number of para-hydroxylation sites is 6. The molecule has 0 radical (unpaired) electrons. The maximum atomic E-state index is 2.44. The van der Waals surface area contributed by atoms with Crippen molar-refractivity contribution in [3.63, 3.8) is 0 Å².